The van der Waals surface area contributed by atoms with Crippen molar-refractivity contribution in [3.05, 3.63) is 29.3 Å². The third-order valence-electron chi connectivity index (χ3n) is 4.48. The van der Waals surface area contributed by atoms with Crippen LogP contribution in [0, 0.1) is 12.8 Å². The number of hydrogen-bond donors (Lipinski definition) is 2. The molecule has 1 saturated carbocycles. The minimum atomic E-state index is 0.0627. The van der Waals surface area contributed by atoms with Crippen molar-refractivity contribution < 1.29 is 4.79 Å². The van der Waals surface area contributed by atoms with Crippen LogP contribution in [0.2, 0.25) is 0 Å². The molecular formula is C18H28N2O. The van der Waals surface area contributed by atoms with Gasteiger partial charge in [0.15, 0.2) is 0 Å². The molecule has 0 aromatic heterocycles. The Balaban J connectivity index is 2.06. The van der Waals surface area contributed by atoms with E-state index in [9.17, 15) is 4.79 Å². The molecule has 2 N–H and O–H groups in total. The first-order valence-corrected chi connectivity index (χ1v) is 8.29. The smallest absolute Gasteiger partial charge is 0.253 e. The number of benzene rings is 1. The van der Waals surface area contributed by atoms with Crippen LogP contribution in [-0.2, 0) is 0 Å². The van der Waals surface area contributed by atoms with Gasteiger partial charge in [-0.25, -0.2) is 0 Å². The fourth-order valence-corrected chi connectivity index (χ4v) is 3.25. The number of nitrogens with one attached hydrogen (secondary N) is 2. The molecule has 1 aliphatic carbocycles. The van der Waals surface area contributed by atoms with Crippen molar-refractivity contribution >= 4 is 11.6 Å². The summed E-state index contributed by atoms with van der Waals surface area (Å²) in [6, 6.07) is 6.33. The van der Waals surface area contributed by atoms with E-state index in [-0.39, 0.29) is 5.91 Å². The third kappa shape index (κ3) is 4.23. The number of rotatable bonds is 5. The largest absolute Gasteiger partial charge is 0.385 e. The Kier molecular flexibility index (Phi) is 5.66. The summed E-state index contributed by atoms with van der Waals surface area (Å²) in [5, 5.41) is 6.53. The highest BCUT2D eigenvalue weighted by atomic mass is 16.1. The van der Waals surface area contributed by atoms with Gasteiger partial charge < -0.3 is 10.6 Å². The second kappa shape index (κ2) is 7.48. The van der Waals surface area contributed by atoms with Crippen molar-refractivity contribution in [3.63, 3.8) is 0 Å². The van der Waals surface area contributed by atoms with Crippen LogP contribution < -0.4 is 10.6 Å². The van der Waals surface area contributed by atoms with Crippen LogP contribution in [0.1, 0.15) is 61.9 Å². The topological polar surface area (TPSA) is 41.1 Å². The molecule has 2 rings (SSSR count). The van der Waals surface area contributed by atoms with Gasteiger partial charge in [-0.15, -0.1) is 0 Å². The lowest BCUT2D eigenvalue weighted by Crippen LogP contribution is -2.38. The number of aryl methyl sites for hydroxylation is 1. The maximum Gasteiger partial charge on any atom is 0.253 e. The quantitative estimate of drug-likeness (QED) is 0.855. The molecule has 0 aliphatic heterocycles. The SMILES string of the molecule is CCNc1cc(C)ccc1C(=O)NC1CCCC(CC)C1. The normalized spacial score (nSPS) is 21.9. The highest BCUT2D eigenvalue weighted by molar-refractivity contribution is 5.99. The predicted octanol–water partition coefficient (Wildman–Crippen LogP) is 4.13. The summed E-state index contributed by atoms with van der Waals surface area (Å²) in [6.07, 6.45) is 6.02. The lowest BCUT2D eigenvalue weighted by atomic mass is 9.84. The van der Waals surface area contributed by atoms with Crippen LogP contribution in [0.4, 0.5) is 5.69 Å². The Labute approximate surface area is 128 Å². The van der Waals surface area contributed by atoms with Gasteiger partial charge in [0, 0.05) is 18.3 Å². The number of anilines is 1. The predicted molar refractivity (Wildman–Crippen MR) is 88.8 cm³/mol. The molecule has 1 aromatic carbocycles. The van der Waals surface area contributed by atoms with E-state index in [1.807, 2.05) is 18.2 Å². The molecule has 0 radical (unpaired) electrons. The second-order valence-electron chi connectivity index (χ2n) is 6.19. The summed E-state index contributed by atoms with van der Waals surface area (Å²) >= 11 is 0. The van der Waals surface area contributed by atoms with E-state index in [0.717, 1.165) is 36.6 Å². The van der Waals surface area contributed by atoms with Crippen LogP contribution in [0.25, 0.3) is 0 Å². The third-order valence-corrected chi connectivity index (χ3v) is 4.48. The Morgan fingerprint density at radius 1 is 1.29 bits per heavy atom. The van der Waals surface area contributed by atoms with Crippen LogP contribution in [-0.4, -0.2) is 18.5 Å². The summed E-state index contributed by atoms with van der Waals surface area (Å²) in [4.78, 5) is 12.6. The molecule has 21 heavy (non-hydrogen) atoms. The summed E-state index contributed by atoms with van der Waals surface area (Å²) in [7, 11) is 0. The molecule has 2 unspecified atom stereocenters. The van der Waals surface area contributed by atoms with E-state index in [1.165, 1.54) is 24.8 Å². The number of amides is 1. The molecule has 3 nitrogen and oxygen atoms in total. The van der Waals surface area contributed by atoms with Crippen LogP contribution in [0.5, 0.6) is 0 Å². The van der Waals surface area contributed by atoms with E-state index in [1.54, 1.807) is 0 Å². The van der Waals surface area contributed by atoms with Gasteiger partial charge in [0.1, 0.15) is 0 Å². The van der Waals surface area contributed by atoms with Gasteiger partial charge in [0.25, 0.3) is 5.91 Å². The zero-order valence-electron chi connectivity index (χ0n) is 13.5. The fourth-order valence-electron chi connectivity index (χ4n) is 3.25. The van der Waals surface area contributed by atoms with E-state index in [0.29, 0.717) is 6.04 Å². The molecule has 0 bridgehead atoms. The maximum atomic E-state index is 12.6. The van der Waals surface area contributed by atoms with Crippen molar-refractivity contribution in [3.8, 4) is 0 Å². The van der Waals surface area contributed by atoms with Gasteiger partial charge in [-0.05, 0) is 50.3 Å². The van der Waals surface area contributed by atoms with E-state index in [2.05, 4.69) is 31.4 Å². The average molecular weight is 288 g/mol. The number of carbonyl (C=O) groups is 1. The highest BCUT2D eigenvalue weighted by Gasteiger charge is 2.23. The Bertz CT molecular complexity index is 484. The summed E-state index contributed by atoms with van der Waals surface area (Å²) < 4.78 is 0. The van der Waals surface area contributed by atoms with Crippen LogP contribution in [0.3, 0.4) is 0 Å². The molecule has 0 heterocycles. The maximum absolute atomic E-state index is 12.6. The summed E-state index contributed by atoms with van der Waals surface area (Å²) in [6.45, 7) is 7.18. The van der Waals surface area contributed by atoms with E-state index < -0.39 is 0 Å². The molecular weight excluding hydrogens is 260 g/mol. The molecule has 0 spiro atoms. The Morgan fingerprint density at radius 3 is 2.81 bits per heavy atom. The Hall–Kier alpha value is -1.51. The van der Waals surface area contributed by atoms with Gasteiger partial charge in [0.05, 0.1) is 5.56 Å². The standard InChI is InChI=1S/C18H28N2O/c1-4-14-7-6-8-15(12-14)20-18(21)16-10-9-13(3)11-17(16)19-5-2/h9-11,14-15,19H,4-8,12H2,1-3H3,(H,20,21). The van der Waals surface area contributed by atoms with Gasteiger partial charge in [-0.1, -0.05) is 32.3 Å². The lowest BCUT2D eigenvalue weighted by Gasteiger charge is -2.29. The molecule has 1 aromatic rings. The molecule has 1 amide bonds. The van der Waals surface area contributed by atoms with Gasteiger partial charge >= 0.3 is 0 Å². The monoisotopic (exact) mass is 288 g/mol. The summed E-state index contributed by atoms with van der Waals surface area (Å²) in [5.41, 5.74) is 2.88. The zero-order chi connectivity index (χ0) is 15.2. The second-order valence-corrected chi connectivity index (χ2v) is 6.19. The van der Waals surface area contributed by atoms with Gasteiger partial charge in [0.2, 0.25) is 0 Å². The first kappa shape index (κ1) is 15.9. The molecule has 116 valence electrons. The lowest BCUT2D eigenvalue weighted by molar-refractivity contribution is 0.0920. The molecule has 1 fully saturated rings. The van der Waals surface area contributed by atoms with Crippen molar-refractivity contribution in [1.29, 1.82) is 0 Å². The average Bonchev–Trinajstić information content (AvgIpc) is 2.48. The first-order chi connectivity index (χ1) is 10.1. The van der Waals surface area contributed by atoms with E-state index in [4.69, 9.17) is 0 Å². The Morgan fingerprint density at radius 2 is 2.10 bits per heavy atom. The molecule has 2 atom stereocenters. The summed E-state index contributed by atoms with van der Waals surface area (Å²) in [5.74, 6) is 0.836. The molecule has 1 aliphatic rings. The van der Waals surface area contributed by atoms with Crippen molar-refractivity contribution in [2.24, 2.45) is 5.92 Å². The minimum absolute atomic E-state index is 0.0627. The fraction of sp³-hybridized carbons (Fsp3) is 0.611. The molecule has 3 heteroatoms. The first-order valence-electron chi connectivity index (χ1n) is 8.29. The van der Waals surface area contributed by atoms with Crippen LogP contribution >= 0.6 is 0 Å². The number of hydrogen-bond acceptors (Lipinski definition) is 2. The van der Waals surface area contributed by atoms with Gasteiger partial charge in [-0.2, -0.15) is 0 Å². The van der Waals surface area contributed by atoms with Crippen molar-refractivity contribution in [1.82, 2.24) is 5.32 Å². The van der Waals surface area contributed by atoms with E-state index >= 15 is 0 Å². The van der Waals surface area contributed by atoms with Crippen molar-refractivity contribution in [2.75, 3.05) is 11.9 Å². The number of carbonyl (C=O) groups excluding carboxylic acids is 1. The van der Waals surface area contributed by atoms with Crippen LogP contribution in [0.15, 0.2) is 18.2 Å². The van der Waals surface area contributed by atoms with Gasteiger partial charge in [-0.3, -0.25) is 4.79 Å². The molecule has 0 saturated heterocycles. The zero-order valence-corrected chi connectivity index (χ0v) is 13.5. The minimum Gasteiger partial charge on any atom is -0.385 e. The van der Waals surface area contributed by atoms with Crippen molar-refractivity contribution in [2.45, 2.75) is 58.9 Å². The highest BCUT2D eigenvalue weighted by Crippen LogP contribution is 2.27.